The number of benzene rings is 1. The lowest BCUT2D eigenvalue weighted by Crippen LogP contribution is -2.40. The molecule has 1 aliphatic rings. The van der Waals surface area contributed by atoms with E-state index in [0.29, 0.717) is 25.9 Å². The second kappa shape index (κ2) is 10.6. The number of methoxy groups -OCH3 is 1. The highest BCUT2D eigenvalue weighted by Crippen LogP contribution is 2.43. The molecule has 3 heterocycles. The van der Waals surface area contributed by atoms with Gasteiger partial charge in [-0.05, 0) is 35.8 Å². The monoisotopic (exact) mass is 562 g/mol. The van der Waals surface area contributed by atoms with Crippen molar-refractivity contribution in [2.45, 2.75) is 83.9 Å². The molecule has 1 aliphatic heterocycles. The van der Waals surface area contributed by atoms with Gasteiger partial charge in [-0.15, -0.1) is 11.3 Å². The number of piperidine rings is 1. The fourth-order valence-electron chi connectivity index (χ4n) is 5.06. The van der Waals surface area contributed by atoms with Crippen LogP contribution in [0.1, 0.15) is 82.9 Å². The van der Waals surface area contributed by atoms with Gasteiger partial charge >= 0.3 is 6.18 Å². The average Bonchev–Trinajstić information content (AvgIpc) is 3.52. The summed E-state index contributed by atoms with van der Waals surface area (Å²) < 4.78 is 46.1. The molecule has 0 spiro atoms. The van der Waals surface area contributed by atoms with Gasteiger partial charge in [-0.25, -0.2) is 9.97 Å². The van der Waals surface area contributed by atoms with Crippen molar-refractivity contribution in [2.75, 3.05) is 20.2 Å². The number of amides is 1. The van der Waals surface area contributed by atoms with E-state index in [1.54, 1.807) is 23.3 Å². The Morgan fingerprint density at radius 1 is 1.05 bits per heavy atom. The number of alkyl halides is 3. The third kappa shape index (κ3) is 6.31. The maximum absolute atomic E-state index is 13.1. The van der Waals surface area contributed by atoms with Gasteiger partial charge < -0.3 is 14.2 Å². The van der Waals surface area contributed by atoms with Crippen molar-refractivity contribution in [1.29, 1.82) is 0 Å². The Bertz CT molecular complexity index is 1290. The minimum atomic E-state index is -4.59. The number of nitrogens with zero attached hydrogens (tertiary/aromatic N) is 4. The minimum Gasteiger partial charge on any atom is -0.496 e. The molecule has 10 heteroatoms. The molecule has 0 N–H and O–H groups in total. The normalized spacial score (nSPS) is 15.6. The third-order valence-corrected chi connectivity index (χ3v) is 8.13. The molecule has 0 unspecified atom stereocenters. The van der Waals surface area contributed by atoms with Crippen molar-refractivity contribution in [3.05, 3.63) is 52.6 Å². The van der Waals surface area contributed by atoms with Crippen LogP contribution in [0.25, 0.3) is 10.6 Å². The molecule has 0 atom stereocenters. The fourth-order valence-corrected chi connectivity index (χ4v) is 5.95. The molecule has 0 bridgehead atoms. The van der Waals surface area contributed by atoms with E-state index in [2.05, 4.69) is 64.0 Å². The van der Waals surface area contributed by atoms with Gasteiger partial charge in [-0.1, -0.05) is 41.5 Å². The number of aromatic nitrogens is 3. The van der Waals surface area contributed by atoms with E-state index in [-0.39, 0.29) is 29.2 Å². The van der Waals surface area contributed by atoms with Gasteiger partial charge in [0.05, 0.1) is 12.8 Å². The molecule has 4 rings (SSSR count). The van der Waals surface area contributed by atoms with Crippen LogP contribution in [0, 0.1) is 0 Å². The standard InChI is InChI=1S/C29H37F3N4O2S/c1-27(2,3)20-14-19(15-21(24(20)38-7)28(4,5)6)25-34-22(17-39-25)18-8-11-35(12-9-18)23(37)16-36-13-10-33-26(36)29(30,31)32/h10,13-15,17-18H,8-9,11-12,16H2,1-7H3. The van der Waals surface area contributed by atoms with E-state index in [4.69, 9.17) is 9.72 Å². The molecule has 1 fully saturated rings. The summed E-state index contributed by atoms with van der Waals surface area (Å²) in [6.07, 6.45) is -0.897. The van der Waals surface area contributed by atoms with Crippen LogP contribution in [0.4, 0.5) is 13.2 Å². The maximum atomic E-state index is 13.1. The van der Waals surface area contributed by atoms with Crippen molar-refractivity contribution >= 4 is 17.2 Å². The molecule has 3 aromatic rings. The highest BCUT2D eigenvalue weighted by molar-refractivity contribution is 7.13. The lowest BCUT2D eigenvalue weighted by Gasteiger charge is -2.31. The first-order chi connectivity index (χ1) is 18.1. The van der Waals surface area contributed by atoms with Crippen molar-refractivity contribution in [3.63, 3.8) is 0 Å². The molecule has 2 aromatic heterocycles. The van der Waals surface area contributed by atoms with Gasteiger partial charge in [0.2, 0.25) is 11.7 Å². The SMILES string of the molecule is COc1c(C(C)(C)C)cc(-c2nc(C3CCN(C(=O)Cn4ccnc4C(F)(F)F)CC3)cs2)cc1C(C)(C)C. The van der Waals surface area contributed by atoms with Gasteiger partial charge in [-0.2, -0.15) is 13.2 Å². The van der Waals surface area contributed by atoms with Crippen molar-refractivity contribution in [3.8, 4) is 16.3 Å². The van der Waals surface area contributed by atoms with Crippen LogP contribution in [0.5, 0.6) is 5.75 Å². The Morgan fingerprint density at radius 3 is 2.15 bits per heavy atom. The number of hydrogen-bond acceptors (Lipinski definition) is 5. The molecule has 1 aromatic carbocycles. The molecular formula is C29H37F3N4O2S. The predicted octanol–water partition coefficient (Wildman–Crippen LogP) is 7.04. The number of imidazole rings is 1. The predicted molar refractivity (Wildman–Crippen MR) is 147 cm³/mol. The van der Waals surface area contributed by atoms with Gasteiger partial charge in [0, 0.05) is 53.5 Å². The summed E-state index contributed by atoms with van der Waals surface area (Å²) in [7, 11) is 1.72. The van der Waals surface area contributed by atoms with Crippen LogP contribution in [0.3, 0.4) is 0 Å². The maximum Gasteiger partial charge on any atom is 0.449 e. The summed E-state index contributed by atoms with van der Waals surface area (Å²) in [4.78, 5) is 22.8. The van der Waals surface area contributed by atoms with E-state index in [1.165, 1.54) is 6.20 Å². The largest absolute Gasteiger partial charge is 0.496 e. The third-order valence-electron chi connectivity index (χ3n) is 7.22. The fraction of sp³-hybridized carbons (Fsp3) is 0.552. The lowest BCUT2D eigenvalue weighted by atomic mass is 9.78. The number of carbonyl (C=O) groups is 1. The Labute approximate surface area is 232 Å². The first-order valence-electron chi connectivity index (χ1n) is 13.1. The number of halogens is 3. The summed E-state index contributed by atoms with van der Waals surface area (Å²) in [6.45, 7) is 13.7. The van der Waals surface area contributed by atoms with E-state index in [0.717, 1.165) is 43.9 Å². The zero-order valence-electron chi connectivity index (χ0n) is 23.6. The number of thiazole rings is 1. The highest BCUT2D eigenvalue weighted by Gasteiger charge is 2.37. The first kappa shape index (κ1) is 29.1. The quantitative estimate of drug-likeness (QED) is 0.335. The van der Waals surface area contributed by atoms with Gasteiger partial charge in [0.15, 0.2) is 0 Å². The molecular weight excluding hydrogens is 525 g/mol. The van der Waals surface area contributed by atoms with Gasteiger partial charge in [0.25, 0.3) is 0 Å². The lowest BCUT2D eigenvalue weighted by molar-refractivity contribution is -0.148. The average molecular weight is 563 g/mol. The van der Waals surface area contributed by atoms with E-state index >= 15 is 0 Å². The highest BCUT2D eigenvalue weighted by atomic mass is 32.1. The number of hydrogen-bond donors (Lipinski definition) is 0. The Morgan fingerprint density at radius 2 is 1.64 bits per heavy atom. The number of ether oxygens (including phenoxy) is 1. The summed E-state index contributed by atoms with van der Waals surface area (Å²) in [5.74, 6) is -0.270. The molecule has 0 aliphatic carbocycles. The van der Waals surface area contributed by atoms with Crippen molar-refractivity contribution in [1.82, 2.24) is 19.4 Å². The van der Waals surface area contributed by atoms with Crippen molar-refractivity contribution in [2.24, 2.45) is 0 Å². The van der Waals surface area contributed by atoms with E-state index < -0.39 is 12.0 Å². The zero-order chi connectivity index (χ0) is 28.8. The summed E-state index contributed by atoms with van der Waals surface area (Å²) >= 11 is 1.61. The number of carbonyl (C=O) groups excluding carboxylic acids is 1. The number of likely N-dealkylation sites (tertiary alicyclic amines) is 1. The topological polar surface area (TPSA) is 60.2 Å². The van der Waals surface area contributed by atoms with Crippen LogP contribution in [0.2, 0.25) is 0 Å². The van der Waals surface area contributed by atoms with Gasteiger partial charge in [-0.3, -0.25) is 4.79 Å². The second-order valence-corrected chi connectivity index (χ2v) is 13.1. The summed E-state index contributed by atoms with van der Waals surface area (Å²) in [5.41, 5.74) is 4.12. The van der Waals surface area contributed by atoms with E-state index in [9.17, 15) is 18.0 Å². The molecule has 1 amide bonds. The molecule has 6 nitrogen and oxygen atoms in total. The summed E-state index contributed by atoms with van der Waals surface area (Å²) in [5, 5.41) is 3.04. The second-order valence-electron chi connectivity index (χ2n) is 12.2. The van der Waals surface area contributed by atoms with Crippen molar-refractivity contribution < 1.29 is 22.7 Å². The smallest absolute Gasteiger partial charge is 0.449 e. The molecule has 0 saturated carbocycles. The molecule has 0 radical (unpaired) electrons. The molecule has 1 saturated heterocycles. The molecule has 39 heavy (non-hydrogen) atoms. The Kier molecular flexibility index (Phi) is 7.91. The van der Waals surface area contributed by atoms with Crippen LogP contribution < -0.4 is 4.74 Å². The van der Waals surface area contributed by atoms with Crippen LogP contribution in [-0.2, 0) is 28.3 Å². The number of rotatable bonds is 5. The molecule has 212 valence electrons. The van der Waals surface area contributed by atoms with Gasteiger partial charge in [0.1, 0.15) is 17.3 Å². The first-order valence-corrected chi connectivity index (χ1v) is 14.0. The van der Waals surface area contributed by atoms with Crippen LogP contribution >= 0.6 is 11.3 Å². The van der Waals surface area contributed by atoms with E-state index in [1.807, 2.05) is 0 Å². The Balaban J connectivity index is 1.49. The summed E-state index contributed by atoms with van der Waals surface area (Å²) in [6, 6.07) is 4.37. The van der Waals surface area contributed by atoms with Crippen LogP contribution in [0.15, 0.2) is 29.9 Å². The Hall–Kier alpha value is -2.88. The minimum absolute atomic E-state index is 0.113. The zero-order valence-corrected chi connectivity index (χ0v) is 24.5. The van der Waals surface area contributed by atoms with Crippen LogP contribution in [-0.4, -0.2) is 45.5 Å².